The van der Waals surface area contributed by atoms with Crippen LogP contribution in [0.2, 0.25) is 0 Å². The maximum atomic E-state index is 11.9. The molecule has 5 nitrogen and oxygen atoms in total. The summed E-state index contributed by atoms with van der Waals surface area (Å²) < 4.78 is 0. The van der Waals surface area contributed by atoms with Gasteiger partial charge in [0.25, 0.3) is 5.91 Å². The average Bonchev–Trinajstić information content (AvgIpc) is 2.74. The molecule has 96 valence electrons. The van der Waals surface area contributed by atoms with Gasteiger partial charge in [0.1, 0.15) is 0 Å². The van der Waals surface area contributed by atoms with E-state index in [1.54, 1.807) is 18.2 Å². The second-order valence-electron chi connectivity index (χ2n) is 4.65. The number of amides is 2. The predicted molar refractivity (Wildman–Crippen MR) is 69.3 cm³/mol. The molecule has 0 bridgehead atoms. The fraction of sp³-hybridized carbons (Fsp3) is 0.385. The highest BCUT2D eigenvalue weighted by atomic mass is 16.2. The maximum absolute atomic E-state index is 11.9. The van der Waals surface area contributed by atoms with Gasteiger partial charge in [-0.25, -0.2) is 0 Å². The minimum absolute atomic E-state index is 0.0284. The number of hydrogen-bond acceptors (Lipinski definition) is 3. The minimum Gasteiger partial charge on any atom is -0.352 e. The lowest BCUT2D eigenvalue weighted by Crippen LogP contribution is -2.31. The third-order valence-corrected chi connectivity index (χ3v) is 3.01. The van der Waals surface area contributed by atoms with Crippen LogP contribution in [0.5, 0.6) is 0 Å². The quantitative estimate of drug-likeness (QED) is 0.724. The summed E-state index contributed by atoms with van der Waals surface area (Å²) in [5.74, 6) is 0.100. The van der Waals surface area contributed by atoms with Gasteiger partial charge in [0, 0.05) is 17.8 Å². The zero-order valence-electron chi connectivity index (χ0n) is 10.3. The molecule has 0 spiro atoms. The Labute approximate surface area is 106 Å². The lowest BCUT2D eigenvalue weighted by molar-refractivity contribution is -0.115. The van der Waals surface area contributed by atoms with Gasteiger partial charge in [-0.05, 0) is 36.2 Å². The minimum atomic E-state index is -0.127. The number of carbonyl (C=O) groups excluding carboxylic acids is 2. The molecule has 5 heteroatoms. The van der Waals surface area contributed by atoms with Crippen LogP contribution in [0.3, 0.4) is 0 Å². The highest BCUT2D eigenvalue weighted by molar-refractivity contribution is 6.01. The van der Waals surface area contributed by atoms with E-state index in [1.807, 2.05) is 6.92 Å². The van der Waals surface area contributed by atoms with Gasteiger partial charge in [-0.1, -0.05) is 6.92 Å². The summed E-state index contributed by atoms with van der Waals surface area (Å²) in [7, 11) is 0. The molecule has 0 aliphatic carbocycles. The molecular formula is C13H17N3O2. The molecule has 2 amide bonds. The molecule has 1 aromatic carbocycles. The van der Waals surface area contributed by atoms with Crippen molar-refractivity contribution in [2.45, 2.75) is 13.3 Å². The summed E-state index contributed by atoms with van der Waals surface area (Å²) in [6, 6.07) is 5.24. The van der Waals surface area contributed by atoms with Crippen LogP contribution in [0.15, 0.2) is 18.2 Å². The number of fused-ring (bicyclic) bond motifs is 1. The van der Waals surface area contributed by atoms with Crippen LogP contribution in [-0.4, -0.2) is 24.9 Å². The van der Waals surface area contributed by atoms with Crippen LogP contribution in [0.4, 0.5) is 5.69 Å². The number of nitrogens with one attached hydrogen (secondary N) is 2. The Morgan fingerprint density at radius 1 is 1.56 bits per heavy atom. The number of nitrogens with two attached hydrogens (primary N) is 1. The Balaban J connectivity index is 2.04. The number of rotatable bonds is 4. The lowest BCUT2D eigenvalue weighted by Gasteiger charge is -2.10. The smallest absolute Gasteiger partial charge is 0.251 e. The van der Waals surface area contributed by atoms with Crippen molar-refractivity contribution in [3.05, 3.63) is 29.3 Å². The van der Waals surface area contributed by atoms with Crippen molar-refractivity contribution < 1.29 is 9.59 Å². The van der Waals surface area contributed by atoms with E-state index in [9.17, 15) is 9.59 Å². The van der Waals surface area contributed by atoms with Crippen molar-refractivity contribution in [1.29, 1.82) is 0 Å². The van der Waals surface area contributed by atoms with E-state index in [4.69, 9.17) is 5.73 Å². The van der Waals surface area contributed by atoms with E-state index in [1.165, 1.54) is 0 Å². The Kier molecular flexibility index (Phi) is 3.62. The van der Waals surface area contributed by atoms with E-state index in [2.05, 4.69) is 10.6 Å². The summed E-state index contributed by atoms with van der Waals surface area (Å²) in [5, 5.41) is 5.56. The molecule has 1 unspecified atom stereocenters. The SMILES string of the molecule is CC(CN)CNC(=O)c1ccc2c(c1)CC(=O)N2. The van der Waals surface area contributed by atoms with E-state index in [-0.39, 0.29) is 17.7 Å². The van der Waals surface area contributed by atoms with Crippen LogP contribution in [0.25, 0.3) is 0 Å². The molecule has 1 heterocycles. The second-order valence-corrected chi connectivity index (χ2v) is 4.65. The molecule has 0 aromatic heterocycles. The average molecular weight is 247 g/mol. The summed E-state index contributed by atoms with van der Waals surface area (Å²) in [6.07, 6.45) is 0.343. The van der Waals surface area contributed by atoms with Crippen LogP contribution in [0.1, 0.15) is 22.8 Å². The molecule has 2 rings (SSSR count). The maximum Gasteiger partial charge on any atom is 0.251 e. The topological polar surface area (TPSA) is 84.2 Å². The summed E-state index contributed by atoms with van der Waals surface area (Å²) in [5.41, 5.74) is 7.74. The Bertz CT molecular complexity index is 485. The third kappa shape index (κ3) is 2.68. The fourth-order valence-corrected chi connectivity index (χ4v) is 1.82. The van der Waals surface area contributed by atoms with Gasteiger partial charge in [0.15, 0.2) is 0 Å². The van der Waals surface area contributed by atoms with Crippen LogP contribution >= 0.6 is 0 Å². The fourth-order valence-electron chi connectivity index (χ4n) is 1.82. The van der Waals surface area contributed by atoms with E-state index in [0.717, 1.165) is 11.3 Å². The van der Waals surface area contributed by atoms with Gasteiger partial charge in [-0.3, -0.25) is 9.59 Å². The Morgan fingerprint density at radius 3 is 3.06 bits per heavy atom. The van der Waals surface area contributed by atoms with Crippen molar-refractivity contribution in [1.82, 2.24) is 5.32 Å². The van der Waals surface area contributed by atoms with Gasteiger partial charge < -0.3 is 16.4 Å². The highest BCUT2D eigenvalue weighted by Crippen LogP contribution is 2.23. The van der Waals surface area contributed by atoms with E-state index in [0.29, 0.717) is 25.1 Å². The molecule has 18 heavy (non-hydrogen) atoms. The van der Waals surface area contributed by atoms with Gasteiger partial charge in [-0.2, -0.15) is 0 Å². The number of anilines is 1. The summed E-state index contributed by atoms with van der Waals surface area (Å²) in [6.45, 7) is 3.08. The standard InChI is InChI=1S/C13H17N3O2/c1-8(6-14)7-15-13(18)9-2-3-11-10(4-9)5-12(17)16-11/h2-4,8H,5-7,14H2,1H3,(H,15,18)(H,16,17). The third-order valence-electron chi connectivity index (χ3n) is 3.01. The number of hydrogen-bond donors (Lipinski definition) is 3. The normalized spacial score (nSPS) is 14.9. The zero-order valence-corrected chi connectivity index (χ0v) is 10.3. The van der Waals surface area contributed by atoms with Crippen molar-refractivity contribution in [2.24, 2.45) is 11.7 Å². The second kappa shape index (κ2) is 5.18. The molecule has 1 aliphatic heterocycles. The van der Waals surface area contributed by atoms with Crippen LogP contribution in [0, 0.1) is 5.92 Å². The lowest BCUT2D eigenvalue weighted by atomic mass is 10.1. The number of benzene rings is 1. The van der Waals surface area contributed by atoms with Crippen molar-refractivity contribution in [3.8, 4) is 0 Å². The summed E-state index contributed by atoms with van der Waals surface area (Å²) in [4.78, 5) is 23.1. The molecule has 0 saturated carbocycles. The Hall–Kier alpha value is -1.88. The van der Waals surface area contributed by atoms with Gasteiger partial charge in [0.05, 0.1) is 6.42 Å². The molecule has 0 fully saturated rings. The monoisotopic (exact) mass is 247 g/mol. The first-order chi connectivity index (χ1) is 8.60. The predicted octanol–water partition coefficient (Wildman–Crippen LogP) is 0.506. The van der Waals surface area contributed by atoms with Gasteiger partial charge in [0.2, 0.25) is 5.91 Å². The number of carbonyl (C=O) groups is 2. The molecule has 4 N–H and O–H groups in total. The first-order valence-electron chi connectivity index (χ1n) is 6.01. The van der Waals surface area contributed by atoms with E-state index < -0.39 is 0 Å². The van der Waals surface area contributed by atoms with E-state index >= 15 is 0 Å². The van der Waals surface area contributed by atoms with Crippen molar-refractivity contribution in [2.75, 3.05) is 18.4 Å². The molecular weight excluding hydrogens is 230 g/mol. The van der Waals surface area contributed by atoms with Gasteiger partial charge in [-0.15, -0.1) is 0 Å². The van der Waals surface area contributed by atoms with Crippen molar-refractivity contribution >= 4 is 17.5 Å². The summed E-state index contributed by atoms with van der Waals surface area (Å²) >= 11 is 0. The Morgan fingerprint density at radius 2 is 2.33 bits per heavy atom. The first-order valence-corrected chi connectivity index (χ1v) is 6.01. The highest BCUT2D eigenvalue weighted by Gasteiger charge is 2.19. The van der Waals surface area contributed by atoms with Crippen molar-refractivity contribution in [3.63, 3.8) is 0 Å². The molecule has 1 aliphatic rings. The molecule has 0 saturated heterocycles. The first kappa shape index (κ1) is 12.6. The molecule has 1 aromatic rings. The van der Waals surface area contributed by atoms with Crippen LogP contribution < -0.4 is 16.4 Å². The molecule has 0 radical (unpaired) electrons. The largest absolute Gasteiger partial charge is 0.352 e. The molecule has 1 atom stereocenters. The van der Waals surface area contributed by atoms with Crippen LogP contribution in [-0.2, 0) is 11.2 Å². The zero-order chi connectivity index (χ0) is 13.1. The van der Waals surface area contributed by atoms with Gasteiger partial charge >= 0.3 is 0 Å².